The first-order valence-electron chi connectivity index (χ1n) is 3.85. The molecular weight excluding hydrogens is 154 g/mol. The number of quaternary nitrogens is 1. The summed E-state index contributed by atoms with van der Waals surface area (Å²) in [6, 6.07) is 5.09. The van der Waals surface area contributed by atoms with E-state index in [4.69, 9.17) is 11.5 Å². The molecule has 0 amide bonds. The van der Waals surface area contributed by atoms with E-state index in [2.05, 4.69) is 0 Å². The number of hydrogen-bond acceptors (Lipinski definition) is 3. The normalized spacial score (nSPS) is 19.1. The molecule has 0 aromatic heterocycles. The fourth-order valence-corrected chi connectivity index (χ4v) is 1.16. The molecule has 1 saturated heterocycles. The second-order valence-electron chi connectivity index (χ2n) is 3.15. The van der Waals surface area contributed by atoms with Crippen LogP contribution in [0.2, 0.25) is 0 Å². The van der Waals surface area contributed by atoms with E-state index in [9.17, 15) is 5.21 Å². The van der Waals surface area contributed by atoms with Gasteiger partial charge in [-0.25, -0.2) is 0 Å². The standard InChI is InChI=1S/C8H11N3O/c9-7-2-1-6(5-8(7)10)11(12)3-4-11/h1-2,5H,3-4,9-10H2. The molecule has 2 rings (SSSR count). The van der Waals surface area contributed by atoms with Gasteiger partial charge < -0.3 is 21.3 Å². The Kier molecular flexibility index (Phi) is 1.31. The van der Waals surface area contributed by atoms with E-state index >= 15 is 0 Å². The molecule has 12 heavy (non-hydrogen) atoms. The van der Waals surface area contributed by atoms with Crippen LogP contribution in [0.25, 0.3) is 0 Å². The number of hydrogen-bond donors (Lipinski definition) is 2. The van der Waals surface area contributed by atoms with E-state index in [1.165, 1.54) is 0 Å². The Hall–Kier alpha value is -1.26. The average Bonchev–Trinajstić information content (AvgIpc) is 2.75. The second kappa shape index (κ2) is 2.12. The number of nitrogen functional groups attached to an aromatic ring is 2. The highest BCUT2D eigenvalue weighted by molar-refractivity contribution is 5.69. The molecule has 4 N–H and O–H groups in total. The van der Waals surface area contributed by atoms with Crippen LogP contribution in [0.15, 0.2) is 18.2 Å². The smallest absolute Gasteiger partial charge is 0.135 e. The summed E-state index contributed by atoms with van der Waals surface area (Å²) in [6.45, 7) is 1.31. The molecule has 0 bridgehead atoms. The highest BCUT2D eigenvalue weighted by Crippen LogP contribution is 2.33. The van der Waals surface area contributed by atoms with Crippen LogP contribution in [-0.2, 0) is 0 Å². The van der Waals surface area contributed by atoms with Crippen molar-refractivity contribution in [3.8, 4) is 0 Å². The van der Waals surface area contributed by atoms with Crippen LogP contribution in [0, 0.1) is 5.21 Å². The van der Waals surface area contributed by atoms with Crippen LogP contribution in [0.1, 0.15) is 0 Å². The fraction of sp³-hybridized carbons (Fsp3) is 0.250. The molecule has 4 nitrogen and oxygen atoms in total. The topological polar surface area (TPSA) is 75.1 Å². The maximum absolute atomic E-state index is 11.5. The Morgan fingerprint density at radius 2 is 1.83 bits per heavy atom. The first kappa shape index (κ1) is 7.39. The lowest BCUT2D eigenvalue weighted by atomic mass is 10.2. The minimum absolute atomic E-state index is 0.246. The van der Waals surface area contributed by atoms with Gasteiger partial charge in [0.1, 0.15) is 18.8 Å². The number of rotatable bonds is 1. The van der Waals surface area contributed by atoms with Crippen LogP contribution in [0.3, 0.4) is 0 Å². The van der Waals surface area contributed by atoms with E-state index in [1.54, 1.807) is 18.2 Å². The molecule has 64 valence electrons. The third-order valence-corrected chi connectivity index (χ3v) is 2.17. The first-order valence-corrected chi connectivity index (χ1v) is 3.85. The molecule has 1 fully saturated rings. The van der Waals surface area contributed by atoms with Gasteiger partial charge in [-0.3, -0.25) is 0 Å². The Balaban J connectivity index is 2.41. The zero-order chi connectivity index (χ0) is 8.77. The summed E-state index contributed by atoms with van der Waals surface area (Å²) in [4.78, 5) is 0. The summed E-state index contributed by atoms with van der Waals surface area (Å²) in [5, 5.41) is 11.5. The zero-order valence-corrected chi connectivity index (χ0v) is 6.66. The van der Waals surface area contributed by atoms with E-state index in [-0.39, 0.29) is 4.65 Å². The average molecular weight is 165 g/mol. The van der Waals surface area contributed by atoms with Gasteiger partial charge in [-0.1, -0.05) is 0 Å². The van der Waals surface area contributed by atoms with Crippen molar-refractivity contribution < 1.29 is 0 Å². The zero-order valence-electron chi connectivity index (χ0n) is 6.66. The van der Waals surface area contributed by atoms with Crippen LogP contribution >= 0.6 is 0 Å². The molecule has 1 heterocycles. The SMILES string of the molecule is Nc1ccc([N+]2([O-])CC2)cc1N. The summed E-state index contributed by atoms with van der Waals surface area (Å²) in [7, 11) is 0. The molecule has 0 saturated carbocycles. The molecule has 1 aromatic carbocycles. The van der Waals surface area contributed by atoms with E-state index in [0.29, 0.717) is 30.2 Å². The minimum atomic E-state index is -0.246. The van der Waals surface area contributed by atoms with Gasteiger partial charge in [0.05, 0.1) is 11.4 Å². The molecule has 0 aliphatic carbocycles. The molecule has 0 spiro atoms. The highest BCUT2D eigenvalue weighted by atomic mass is 16.6. The number of nitrogens with zero attached hydrogens (tertiary/aromatic N) is 1. The van der Waals surface area contributed by atoms with Gasteiger partial charge >= 0.3 is 0 Å². The number of hydroxylamine groups is 2. The molecule has 1 aliphatic heterocycles. The lowest BCUT2D eigenvalue weighted by Gasteiger charge is -2.21. The minimum Gasteiger partial charge on any atom is -0.627 e. The van der Waals surface area contributed by atoms with Crippen molar-refractivity contribution in [2.45, 2.75) is 0 Å². The summed E-state index contributed by atoms with van der Waals surface area (Å²) in [5.74, 6) is 0. The third kappa shape index (κ3) is 1.01. The van der Waals surface area contributed by atoms with Crippen LogP contribution < -0.4 is 16.1 Å². The van der Waals surface area contributed by atoms with Gasteiger partial charge in [-0.15, -0.1) is 0 Å². The molecule has 0 radical (unpaired) electrons. The quantitative estimate of drug-likeness (QED) is 0.278. The first-order chi connectivity index (χ1) is 5.62. The highest BCUT2D eigenvalue weighted by Gasteiger charge is 2.35. The summed E-state index contributed by atoms with van der Waals surface area (Å²) in [6.07, 6.45) is 0. The monoisotopic (exact) mass is 165 g/mol. The lowest BCUT2D eigenvalue weighted by molar-refractivity contribution is 0.732. The predicted molar refractivity (Wildman–Crippen MR) is 50.2 cm³/mol. The van der Waals surface area contributed by atoms with Crippen molar-refractivity contribution >= 4 is 17.1 Å². The van der Waals surface area contributed by atoms with E-state index in [0.717, 1.165) is 0 Å². The molecule has 0 atom stereocenters. The summed E-state index contributed by atoms with van der Waals surface area (Å²) < 4.78 is -0.246. The molecule has 0 unspecified atom stereocenters. The molecule has 1 aliphatic rings. The number of nitrogens with two attached hydrogens (primary N) is 2. The maximum Gasteiger partial charge on any atom is 0.135 e. The van der Waals surface area contributed by atoms with Gasteiger partial charge in [-0.05, 0) is 6.07 Å². The van der Waals surface area contributed by atoms with Gasteiger partial charge in [0, 0.05) is 12.1 Å². The van der Waals surface area contributed by atoms with Gasteiger partial charge in [0.25, 0.3) is 0 Å². The van der Waals surface area contributed by atoms with Crippen LogP contribution in [-0.4, -0.2) is 13.1 Å². The van der Waals surface area contributed by atoms with Crippen molar-refractivity contribution in [2.75, 3.05) is 24.6 Å². The summed E-state index contributed by atoms with van der Waals surface area (Å²) >= 11 is 0. The fourth-order valence-electron chi connectivity index (χ4n) is 1.16. The molecule has 1 aromatic rings. The Labute approximate surface area is 70.6 Å². The van der Waals surface area contributed by atoms with Gasteiger partial charge in [0.15, 0.2) is 0 Å². The number of benzene rings is 1. The Bertz CT molecular complexity index is 320. The predicted octanol–water partition coefficient (Wildman–Crippen LogP) is 0.670. The van der Waals surface area contributed by atoms with Crippen molar-refractivity contribution in [2.24, 2.45) is 0 Å². The molecule has 4 heteroatoms. The van der Waals surface area contributed by atoms with Crippen molar-refractivity contribution in [3.63, 3.8) is 0 Å². The summed E-state index contributed by atoms with van der Waals surface area (Å²) in [5.41, 5.74) is 12.8. The van der Waals surface area contributed by atoms with Crippen molar-refractivity contribution in [1.82, 2.24) is 4.65 Å². The van der Waals surface area contributed by atoms with E-state index in [1.807, 2.05) is 0 Å². The van der Waals surface area contributed by atoms with Gasteiger partial charge in [0.2, 0.25) is 0 Å². The Morgan fingerprint density at radius 3 is 2.33 bits per heavy atom. The third-order valence-electron chi connectivity index (χ3n) is 2.17. The van der Waals surface area contributed by atoms with Crippen molar-refractivity contribution in [3.05, 3.63) is 23.4 Å². The Morgan fingerprint density at radius 1 is 1.17 bits per heavy atom. The van der Waals surface area contributed by atoms with Crippen LogP contribution in [0.4, 0.5) is 17.1 Å². The van der Waals surface area contributed by atoms with Crippen LogP contribution in [0.5, 0.6) is 0 Å². The maximum atomic E-state index is 11.5. The number of anilines is 2. The lowest BCUT2D eigenvalue weighted by Crippen LogP contribution is -2.15. The second-order valence-corrected chi connectivity index (χ2v) is 3.15. The molecular formula is C8H11N3O. The van der Waals surface area contributed by atoms with Crippen molar-refractivity contribution in [1.29, 1.82) is 0 Å². The largest absolute Gasteiger partial charge is 0.627 e. The van der Waals surface area contributed by atoms with E-state index < -0.39 is 0 Å². The van der Waals surface area contributed by atoms with Gasteiger partial charge in [-0.2, -0.15) is 0 Å².